The van der Waals surface area contributed by atoms with Gasteiger partial charge in [0.25, 0.3) is 0 Å². The third-order valence-electron chi connectivity index (χ3n) is 5.41. The molecule has 0 spiro atoms. The van der Waals surface area contributed by atoms with Crippen molar-refractivity contribution in [3.63, 3.8) is 0 Å². The minimum absolute atomic E-state index is 0.112. The van der Waals surface area contributed by atoms with Crippen LogP contribution in [0.2, 0.25) is 0 Å². The van der Waals surface area contributed by atoms with Gasteiger partial charge in [-0.3, -0.25) is 9.80 Å². The van der Waals surface area contributed by atoms with Gasteiger partial charge in [0.15, 0.2) is 0 Å². The number of rotatable bonds is 4. The SMILES string of the molecule is Cc1cc(CN2CC(O)C2)c(C)c(CN2CCCC[C@H]2C)c1. The minimum atomic E-state index is -0.112. The van der Waals surface area contributed by atoms with Crippen LogP contribution >= 0.6 is 0 Å². The molecule has 3 heteroatoms. The highest BCUT2D eigenvalue weighted by molar-refractivity contribution is 5.38. The van der Waals surface area contributed by atoms with E-state index in [2.05, 4.69) is 42.7 Å². The van der Waals surface area contributed by atoms with Crippen molar-refractivity contribution in [2.45, 2.75) is 65.3 Å². The largest absolute Gasteiger partial charge is 0.390 e. The molecule has 2 aliphatic rings. The van der Waals surface area contributed by atoms with Crippen LogP contribution < -0.4 is 0 Å². The first kappa shape index (κ1) is 16.0. The molecule has 1 N–H and O–H groups in total. The van der Waals surface area contributed by atoms with Crippen molar-refractivity contribution in [3.05, 3.63) is 34.4 Å². The van der Waals surface area contributed by atoms with Crippen molar-refractivity contribution in [2.75, 3.05) is 19.6 Å². The first-order valence-corrected chi connectivity index (χ1v) is 8.76. The standard InChI is InChI=1S/C19H30N2O/c1-14-8-17(10-20-12-19(22)13-20)16(3)18(9-14)11-21-7-5-4-6-15(21)2/h8-9,15,19,22H,4-7,10-13H2,1-3H3/t15-/m1/s1. The minimum Gasteiger partial charge on any atom is -0.390 e. The molecule has 2 fully saturated rings. The summed E-state index contributed by atoms with van der Waals surface area (Å²) in [6, 6.07) is 5.40. The van der Waals surface area contributed by atoms with Gasteiger partial charge in [-0.25, -0.2) is 0 Å². The molecule has 0 radical (unpaired) electrons. The maximum absolute atomic E-state index is 9.47. The second-order valence-corrected chi connectivity index (χ2v) is 7.37. The van der Waals surface area contributed by atoms with E-state index < -0.39 is 0 Å². The van der Waals surface area contributed by atoms with E-state index in [0.717, 1.165) is 26.2 Å². The van der Waals surface area contributed by atoms with Gasteiger partial charge < -0.3 is 5.11 Å². The topological polar surface area (TPSA) is 26.7 Å². The van der Waals surface area contributed by atoms with Crippen LogP contribution in [0.3, 0.4) is 0 Å². The number of hydrogen-bond donors (Lipinski definition) is 1. The molecule has 0 saturated carbocycles. The number of aliphatic hydroxyl groups is 1. The molecule has 0 aliphatic carbocycles. The second kappa shape index (κ2) is 6.69. The van der Waals surface area contributed by atoms with E-state index in [0.29, 0.717) is 6.04 Å². The Labute approximate surface area is 134 Å². The summed E-state index contributed by atoms with van der Waals surface area (Å²) in [5.41, 5.74) is 5.74. The molecule has 122 valence electrons. The Balaban J connectivity index is 1.74. The number of aliphatic hydroxyl groups excluding tert-OH is 1. The lowest BCUT2D eigenvalue weighted by molar-refractivity contribution is -0.00299. The summed E-state index contributed by atoms with van der Waals surface area (Å²) in [6.07, 6.45) is 3.95. The average Bonchev–Trinajstić information content (AvgIpc) is 2.44. The van der Waals surface area contributed by atoms with Gasteiger partial charge in [-0.05, 0) is 56.8 Å². The van der Waals surface area contributed by atoms with Gasteiger partial charge in [-0.1, -0.05) is 24.1 Å². The van der Waals surface area contributed by atoms with Gasteiger partial charge in [-0.2, -0.15) is 0 Å². The Morgan fingerprint density at radius 1 is 1.09 bits per heavy atom. The van der Waals surface area contributed by atoms with E-state index in [-0.39, 0.29) is 6.10 Å². The van der Waals surface area contributed by atoms with Gasteiger partial charge >= 0.3 is 0 Å². The zero-order valence-corrected chi connectivity index (χ0v) is 14.3. The maximum atomic E-state index is 9.47. The van der Waals surface area contributed by atoms with Crippen LogP contribution in [0.1, 0.15) is 48.4 Å². The van der Waals surface area contributed by atoms with Gasteiger partial charge in [0.05, 0.1) is 6.10 Å². The summed E-state index contributed by atoms with van der Waals surface area (Å²) in [6.45, 7) is 11.8. The molecule has 1 atom stereocenters. The van der Waals surface area contributed by atoms with Crippen LogP contribution in [0.4, 0.5) is 0 Å². The molecule has 2 aliphatic heterocycles. The van der Waals surface area contributed by atoms with E-state index in [1.54, 1.807) is 0 Å². The Morgan fingerprint density at radius 2 is 1.77 bits per heavy atom. The van der Waals surface area contributed by atoms with Crippen molar-refractivity contribution in [1.29, 1.82) is 0 Å². The Morgan fingerprint density at radius 3 is 2.41 bits per heavy atom. The first-order valence-electron chi connectivity index (χ1n) is 8.76. The molecular formula is C19H30N2O. The lowest BCUT2D eigenvalue weighted by atomic mass is 9.95. The lowest BCUT2D eigenvalue weighted by Gasteiger charge is -2.37. The molecule has 3 rings (SSSR count). The highest BCUT2D eigenvalue weighted by atomic mass is 16.3. The third-order valence-corrected chi connectivity index (χ3v) is 5.41. The number of aryl methyl sites for hydroxylation is 1. The van der Waals surface area contributed by atoms with Crippen molar-refractivity contribution in [1.82, 2.24) is 9.80 Å². The van der Waals surface area contributed by atoms with E-state index in [1.165, 1.54) is 48.1 Å². The quantitative estimate of drug-likeness (QED) is 0.926. The van der Waals surface area contributed by atoms with Crippen LogP contribution in [-0.2, 0) is 13.1 Å². The molecule has 3 nitrogen and oxygen atoms in total. The fourth-order valence-electron chi connectivity index (χ4n) is 3.87. The van der Waals surface area contributed by atoms with E-state index in [1.807, 2.05) is 0 Å². The molecule has 0 aromatic heterocycles. The number of likely N-dealkylation sites (tertiary alicyclic amines) is 2. The summed E-state index contributed by atoms with van der Waals surface area (Å²) >= 11 is 0. The number of benzene rings is 1. The van der Waals surface area contributed by atoms with E-state index >= 15 is 0 Å². The van der Waals surface area contributed by atoms with Crippen LogP contribution in [0.5, 0.6) is 0 Å². The molecule has 0 unspecified atom stereocenters. The Hall–Kier alpha value is -0.900. The van der Waals surface area contributed by atoms with Crippen LogP contribution in [-0.4, -0.2) is 46.7 Å². The van der Waals surface area contributed by atoms with Crippen LogP contribution in [0.25, 0.3) is 0 Å². The van der Waals surface area contributed by atoms with Gasteiger partial charge in [0.1, 0.15) is 0 Å². The molecule has 1 aromatic rings. The van der Waals surface area contributed by atoms with Gasteiger partial charge in [0, 0.05) is 32.2 Å². The maximum Gasteiger partial charge on any atom is 0.0794 e. The zero-order chi connectivity index (χ0) is 15.7. The number of piperidine rings is 1. The summed E-state index contributed by atoms with van der Waals surface area (Å²) in [7, 11) is 0. The van der Waals surface area contributed by atoms with Crippen molar-refractivity contribution in [3.8, 4) is 0 Å². The molecule has 2 saturated heterocycles. The van der Waals surface area contributed by atoms with Crippen molar-refractivity contribution < 1.29 is 5.11 Å². The first-order chi connectivity index (χ1) is 10.5. The van der Waals surface area contributed by atoms with Crippen LogP contribution in [0, 0.1) is 13.8 Å². The van der Waals surface area contributed by atoms with E-state index in [4.69, 9.17) is 0 Å². The number of nitrogens with zero attached hydrogens (tertiary/aromatic N) is 2. The fourth-order valence-corrected chi connectivity index (χ4v) is 3.87. The summed E-state index contributed by atoms with van der Waals surface area (Å²) in [5, 5.41) is 9.47. The van der Waals surface area contributed by atoms with Gasteiger partial charge in [-0.15, -0.1) is 0 Å². The second-order valence-electron chi connectivity index (χ2n) is 7.37. The molecule has 0 amide bonds. The van der Waals surface area contributed by atoms with Crippen LogP contribution in [0.15, 0.2) is 12.1 Å². The summed E-state index contributed by atoms with van der Waals surface area (Å²) in [5.74, 6) is 0. The predicted molar refractivity (Wildman–Crippen MR) is 90.9 cm³/mol. The zero-order valence-electron chi connectivity index (χ0n) is 14.3. The highest BCUT2D eigenvalue weighted by Gasteiger charge is 2.25. The lowest BCUT2D eigenvalue weighted by Crippen LogP contribution is -2.49. The summed E-state index contributed by atoms with van der Waals surface area (Å²) in [4.78, 5) is 4.97. The normalized spacial score (nSPS) is 24.5. The predicted octanol–water partition coefficient (Wildman–Crippen LogP) is 2.85. The highest BCUT2D eigenvalue weighted by Crippen LogP contribution is 2.25. The smallest absolute Gasteiger partial charge is 0.0794 e. The molecule has 1 aromatic carbocycles. The van der Waals surface area contributed by atoms with Gasteiger partial charge in [0.2, 0.25) is 0 Å². The number of hydrogen-bond acceptors (Lipinski definition) is 3. The Kier molecular flexibility index (Phi) is 4.86. The summed E-state index contributed by atoms with van der Waals surface area (Å²) < 4.78 is 0. The monoisotopic (exact) mass is 302 g/mol. The Bertz CT molecular complexity index is 522. The third kappa shape index (κ3) is 3.53. The molecule has 22 heavy (non-hydrogen) atoms. The number of β-amino-alcohol motifs (C(OH)–C–C–N with tert-alkyl or cyclic N) is 1. The molecular weight excluding hydrogens is 272 g/mol. The molecule has 0 bridgehead atoms. The fraction of sp³-hybridized carbons (Fsp3) is 0.684. The van der Waals surface area contributed by atoms with Crippen molar-refractivity contribution >= 4 is 0 Å². The van der Waals surface area contributed by atoms with Crippen molar-refractivity contribution in [2.24, 2.45) is 0 Å². The average molecular weight is 302 g/mol. The molecule has 2 heterocycles. The van der Waals surface area contributed by atoms with E-state index in [9.17, 15) is 5.11 Å².